The van der Waals surface area contributed by atoms with Crippen LogP contribution >= 0.6 is 11.6 Å². The van der Waals surface area contributed by atoms with Gasteiger partial charge in [0.15, 0.2) is 0 Å². The highest BCUT2D eigenvalue weighted by Crippen LogP contribution is 2.18. The topological polar surface area (TPSA) is 186 Å². The highest BCUT2D eigenvalue weighted by Gasteiger charge is 2.17. The lowest BCUT2D eigenvalue weighted by molar-refractivity contribution is 0.0624. The zero-order valence-electron chi connectivity index (χ0n) is 34.7. The third kappa shape index (κ3) is 21.9. The van der Waals surface area contributed by atoms with E-state index in [0.29, 0.717) is 57.6 Å². The van der Waals surface area contributed by atoms with Gasteiger partial charge in [-0.2, -0.15) is 0 Å². The highest BCUT2D eigenvalue weighted by atomic mass is 35.5. The lowest BCUT2D eigenvalue weighted by Gasteiger charge is -2.19. The van der Waals surface area contributed by atoms with Crippen LogP contribution in [0.5, 0.6) is 0 Å². The van der Waals surface area contributed by atoms with Crippen molar-refractivity contribution < 1.29 is 38.2 Å². The number of nitrogens with zero attached hydrogens (tertiary/aromatic N) is 1. The van der Waals surface area contributed by atoms with Crippen LogP contribution in [0.1, 0.15) is 104 Å². The minimum absolute atomic E-state index is 0.313. The number of rotatable bonds is 10. The Morgan fingerprint density at radius 1 is 0.603 bits per heavy atom. The van der Waals surface area contributed by atoms with Crippen molar-refractivity contribution in [3.8, 4) is 0 Å². The Morgan fingerprint density at radius 3 is 1.33 bits per heavy atom. The van der Waals surface area contributed by atoms with E-state index in [9.17, 15) is 28.8 Å². The average molecular weight is 818 g/mol. The first kappa shape index (κ1) is 50.0. The summed E-state index contributed by atoms with van der Waals surface area (Å²) in [6.07, 6.45) is 0.379. The van der Waals surface area contributed by atoms with Crippen LogP contribution in [0.15, 0.2) is 97.1 Å². The molecule has 0 atom stereocenters. The fraction of sp³-hybridized carbons (Fsp3) is 0.318. The summed E-state index contributed by atoms with van der Waals surface area (Å²) in [4.78, 5) is 69.1. The van der Waals surface area contributed by atoms with E-state index in [-0.39, 0.29) is 5.91 Å². The molecule has 0 saturated heterocycles. The molecule has 0 spiro atoms. The monoisotopic (exact) mass is 817 g/mol. The van der Waals surface area contributed by atoms with Gasteiger partial charge in [0.1, 0.15) is 23.8 Å². The molecule has 0 radical (unpaired) electrons. The van der Waals surface area contributed by atoms with Crippen LogP contribution < -0.4 is 21.7 Å². The fourth-order valence-electron chi connectivity index (χ4n) is 4.41. The fourth-order valence-corrected chi connectivity index (χ4v) is 4.54. The van der Waals surface area contributed by atoms with Gasteiger partial charge >= 0.3 is 12.2 Å². The van der Waals surface area contributed by atoms with Crippen molar-refractivity contribution in [2.24, 2.45) is 0 Å². The Hall–Kier alpha value is -6.05. The minimum Gasteiger partial charge on any atom is -0.444 e. The molecule has 4 aromatic rings. The smallest absolute Gasteiger partial charge is 0.412 e. The molecule has 14 heteroatoms. The molecule has 4 aromatic carbocycles. The summed E-state index contributed by atoms with van der Waals surface area (Å²) < 4.78 is 10.3. The number of aldehydes is 2. The van der Waals surface area contributed by atoms with Gasteiger partial charge in [-0.15, -0.1) is 0 Å². The summed E-state index contributed by atoms with van der Waals surface area (Å²) in [6.45, 7) is 20.9. The Balaban J connectivity index is 0.000000432. The molecular weight excluding hydrogens is 762 g/mol. The summed E-state index contributed by atoms with van der Waals surface area (Å²) >= 11 is 5.17. The molecule has 0 aliphatic rings. The largest absolute Gasteiger partial charge is 0.444 e. The molecule has 58 heavy (non-hydrogen) atoms. The van der Waals surface area contributed by atoms with E-state index in [1.165, 1.54) is 31.8 Å². The van der Waals surface area contributed by atoms with E-state index < -0.39 is 28.6 Å². The summed E-state index contributed by atoms with van der Waals surface area (Å²) in [5, 5.41) is 7.44. The van der Waals surface area contributed by atoms with Gasteiger partial charge in [-0.05, 0) is 133 Å². The van der Waals surface area contributed by atoms with E-state index in [0.717, 1.165) is 0 Å². The quantitative estimate of drug-likeness (QED) is 0.0682. The Bertz CT molecular complexity index is 1910. The molecule has 0 fully saturated rings. The van der Waals surface area contributed by atoms with Crippen molar-refractivity contribution in [3.63, 3.8) is 0 Å². The Morgan fingerprint density at radius 2 is 0.983 bits per heavy atom. The number of hydrogen-bond donors (Lipinski definition) is 4. The van der Waals surface area contributed by atoms with Gasteiger partial charge in [0.2, 0.25) is 0 Å². The van der Waals surface area contributed by atoms with Gasteiger partial charge < -0.3 is 25.4 Å². The van der Waals surface area contributed by atoms with E-state index in [1.807, 2.05) is 20.8 Å². The Labute approximate surface area is 346 Å². The number of hydrogen-bond acceptors (Lipinski definition) is 10. The van der Waals surface area contributed by atoms with Crippen LogP contribution in [0, 0.1) is 0 Å². The van der Waals surface area contributed by atoms with Crippen LogP contribution in [0.3, 0.4) is 0 Å². The number of anilines is 4. The van der Waals surface area contributed by atoms with Crippen molar-refractivity contribution in [1.82, 2.24) is 4.90 Å². The second-order valence-corrected chi connectivity index (χ2v) is 14.6. The zero-order valence-corrected chi connectivity index (χ0v) is 35.4. The normalized spacial score (nSPS) is 10.4. The van der Waals surface area contributed by atoms with Gasteiger partial charge in [0, 0.05) is 45.0 Å². The van der Waals surface area contributed by atoms with E-state index in [4.69, 9.17) is 26.8 Å². The summed E-state index contributed by atoms with van der Waals surface area (Å²) in [7, 11) is 0. The maximum atomic E-state index is 12.2. The molecule has 312 valence electrons. The third-order valence-electron chi connectivity index (χ3n) is 7.22. The molecule has 5 N–H and O–H groups in total. The number of ether oxygens (including phenoxy) is 2. The third-order valence-corrected chi connectivity index (χ3v) is 7.44. The van der Waals surface area contributed by atoms with Crippen LogP contribution in [-0.4, -0.2) is 71.6 Å². The van der Waals surface area contributed by atoms with Crippen LogP contribution in [0.4, 0.5) is 32.3 Å². The van der Waals surface area contributed by atoms with Crippen LogP contribution in [0.25, 0.3) is 0 Å². The van der Waals surface area contributed by atoms with Crippen molar-refractivity contribution in [2.75, 3.05) is 41.3 Å². The van der Waals surface area contributed by atoms with E-state index in [2.05, 4.69) is 41.6 Å². The first-order valence-corrected chi connectivity index (χ1v) is 18.9. The molecule has 0 heterocycles. The Kier molecular flexibility index (Phi) is 21.8. The SMILES string of the molecule is CC(C)(C)OC(=O)Nc1cccc(N)c1.CC(C)(C)OC(=O)Nc1cccc(NC(=O)c2ccc(C=O)cc2)c1.CCN(CC)CC.O=Cc1ccc(C(=O)Cl)cc1. The summed E-state index contributed by atoms with van der Waals surface area (Å²) in [5.41, 5.74) is 8.60. The minimum atomic E-state index is -0.594. The zero-order chi connectivity index (χ0) is 43.9. The standard InChI is InChI=1S/C19H20N2O4.C11H16N2O2.C8H5ClO2.C6H15N/c1-19(2,3)25-18(24)21-16-6-4-5-15(11-16)20-17(23)14-9-7-13(12-22)8-10-14;1-11(2,3)15-10(14)13-9-6-4-5-8(12)7-9;9-8(11)7-3-1-6(5-10)2-4-7;1-4-7(5-2)6-3/h4-12H,1-3H3,(H,20,23)(H,21,24);4-7H,12H2,1-3H3,(H,13,14);1-5H;4-6H2,1-3H3. The van der Waals surface area contributed by atoms with Crippen molar-refractivity contribution in [1.29, 1.82) is 0 Å². The van der Waals surface area contributed by atoms with Gasteiger partial charge in [-0.3, -0.25) is 29.8 Å². The number of nitrogens with one attached hydrogen (secondary N) is 3. The lowest BCUT2D eigenvalue weighted by Crippen LogP contribution is -2.27. The molecule has 0 unspecified atom stereocenters. The van der Waals surface area contributed by atoms with Crippen LogP contribution in [-0.2, 0) is 9.47 Å². The molecular formula is C44H56ClN5O8. The van der Waals surface area contributed by atoms with Gasteiger partial charge in [-0.1, -0.05) is 57.2 Å². The molecule has 0 aromatic heterocycles. The highest BCUT2D eigenvalue weighted by molar-refractivity contribution is 6.67. The first-order valence-electron chi connectivity index (χ1n) is 18.5. The second kappa shape index (κ2) is 25.3. The number of halogens is 1. The van der Waals surface area contributed by atoms with Crippen molar-refractivity contribution >= 4 is 70.3 Å². The molecule has 0 bridgehead atoms. The molecule has 0 aliphatic carbocycles. The predicted molar refractivity (Wildman–Crippen MR) is 232 cm³/mol. The number of nitrogens with two attached hydrogens (primary N) is 1. The second-order valence-electron chi connectivity index (χ2n) is 14.3. The molecule has 3 amide bonds. The van der Waals surface area contributed by atoms with Gasteiger partial charge in [-0.25, -0.2) is 9.59 Å². The average Bonchev–Trinajstić information content (AvgIpc) is 3.15. The number of carbonyl (C=O) groups is 6. The maximum absolute atomic E-state index is 12.2. The first-order chi connectivity index (χ1) is 27.2. The molecule has 13 nitrogen and oxygen atoms in total. The maximum Gasteiger partial charge on any atom is 0.412 e. The lowest BCUT2D eigenvalue weighted by atomic mass is 10.1. The number of carbonyl (C=O) groups excluding carboxylic acids is 6. The van der Waals surface area contributed by atoms with Gasteiger partial charge in [0.05, 0.1) is 0 Å². The summed E-state index contributed by atoms with van der Waals surface area (Å²) in [6, 6.07) is 26.1. The van der Waals surface area contributed by atoms with E-state index >= 15 is 0 Å². The van der Waals surface area contributed by atoms with Gasteiger partial charge in [0.25, 0.3) is 11.1 Å². The number of benzene rings is 4. The molecule has 0 aliphatic heterocycles. The predicted octanol–water partition coefficient (Wildman–Crippen LogP) is 9.94. The van der Waals surface area contributed by atoms with E-state index in [1.54, 1.807) is 106 Å². The van der Waals surface area contributed by atoms with Crippen molar-refractivity contribution in [2.45, 2.75) is 73.5 Å². The van der Waals surface area contributed by atoms with Crippen molar-refractivity contribution in [3.05, 3.63) is 119 Å². The molecule has 4 rings (SSSR count). The summed E-state index contributed by atoms with van der Waals surface area (Å²) in [5.74, 6) is -0.313. The number of nitrogen functional groups attached to an aromatic ring is 1. The van der Waals surface area contributed by atoms with Crippen LogP contribution in [0.2, 0.25) is 0 Å². The molecule has 0 saturated carbocycles. The number of amides is 3.